The fourth-order valence-corrected chi connectivity index (χ4v) is 13.4. The van der Waals surface area contributed by atoms with Crippen LogP contribution in [0.3, 0.4) is 0 Å². The van der Waals surface area contributed by atoms with E-state index in [4.69, 9.17) is 30.4 Å². The van der Waals surface area contributed by atoms with Crippen molar-refractivity contribution in [2.75, 3.05) is 133 Å². The van der Waals surface area contributed by atoms with Crippen LogP contribution < -0.4 is 70.0 Å². The van der Waals surface area contributed by atoms with Crippen molar-refractivity contribution in [3.8, 4) is 0 Å². The fourth-order valence-electron chi connectivity index (χ4n) is 13.4. The van der Waals surface area contributed by atoms with E-state index in [0.717, 1.165) is 47.7 Å². The average Bonchev–Trinajstić information content (AvgIpc) is 1.74. The van der Waals surface area contributed by atoms with E-state index in [2.05, 4.69) is 89.1 Å². The molecule has 2 aromatic heterocycles. The van der Waals surface area contributed by atoms with Crippen molar-refractivity contribution in [2.24, 2.45) is 11.5 Å². The lowest BCUT2D eigenvalue weighted by Crippen LogP contribution is -2.61. The van der Waals surface area contributed by atoms with Crippen LogP contribution in [0, 0.1) is 0 Å². The summed E-state index contributed by atoms with van der Waals surface area (Å²) >= 11 is 0. The number of amides is 15. The van der Waals surface area contributed by atoms with E-state index in [1.807, 2.05) is 0 Å². The second kappa shape index (κ2) is 64.3. The van der Waals surface area contributed by atoms with Gasteiger partial charge in [0, 0.05) is 96.0 Å². The van der Waals surface area contributed by atoms with E-state index in [-0.39, 0.29) is 115 Å². The Labute approximate surface area is 754 Å². The van der Waals surface area contributed by atoms with E-state index in [1.165, 1.54) is 84.2 Å². The Hall–Kier alpha value is -11.5. The van der Waals surface area contributed by atoms with Gasteiger partial charge in [0.05, 0.1) is 91.0 Å². The third kappa shape index (κ3) is 47.2. The number of tetrazole rings is 1. The molecule has 0 bridgehead atoms. The Morgan fingerprint density at radius 2 is 0.977 bits per heavy atom. The van der Waals surface area contributed by atoms with Gasteiger partial charge in [0.1, 0.15) is 67.3 Å². The first-order valence-corrected chi connectivity index (χ1v) is 43.9. The zero-order valence-corrected chi connectivity index (χ0v) is 74.7. The zero-order chi connectivity index (χ0) is 95.6. The Morgan fingerprint density at radius 3 is 1.48 bits per heavy atom. The molecule has 47 heteroatoms. The molecular weight excluding hydrogens is 1710 g/mol. The van der Waals surface area contributed by atoms with Crippen molar-refractivity contribution in [1.82, 2.24) is 104 Å². The summed E-state index contributed by atoms with van der Waals surface area (Å²) in [5.41, 5.74) is 11.6. The highest BCUT2D eigenvalue weighted by Crippen LogP contribution is 2.22. The second-order valence-electron chi connectivity index (χ2n) is 31.7. The number of likely N-dealkylation sites (tertiary alicyclic amines) is 1. The third-order valence-corrected chi connectivity index (χ3v) is 20.5. The summed E-state index contributed by atoms with van der Waals surface area (Å²) in [5, 5.41) is 81.9. The van der Waals surface area contributed by atoms with Crippen LogP contribution in [-0.4, -0.2) is 359 Å². The lowest BCUT2D eigenvalue weighted by molar-refractivity contribution is -0.142. The van der Waals surface area contributed by atoms with Crippen molar-refractivity contribution < 1.29 is 121 Å². The first-order valence-electron chi connectivity index (χ1n) is 43.9. The molecule has 10 atom stereocenters. The molecule has 0 aliphatic carbocycles. The van der Waals surface area contributed by atoms with Gasteiger partial charge in [0.2, 0.25) is 88.6 Å². The Morgan fingerprint density at radius 1 is 0.508 bits per heavy atom. The number of carbonyl (C=O) groups excluding carboxylic acids is 17. The summed E-state index contributed by atoms with van der Waals surface area (Å²) in [4.78, 5) is 237. The molecule has 1 aliphatic heterocycles. The predicted molar refractivity (Wildman–Crippen MR) is 463 cm³/mol. The summed E-state index contributed by atoms with van der Waals surface area (Å²) in [6.45, 7) is -2.49. The van der Waals surface area contributed by atoms with Crippen LogP contribution in [0.5, 0.6) is 0 Å². The SMILES string of the molecule is CC(=O)CC[C@H](NC(=O)[C@@H](Cc1ccccc1)NC(=O)CN(CCN(C)C)C(=O)[C@H](Cc1cnc[nH]1)NC(=O)[C@H](CCC(N)=O)NC(=O)[C@H](CO)NC(=O)[C@H](CO)NC(=O)[C@H](CCC(N)=O)NC(=O)[C@@H](CO)NC(=O)CNC(=O)COCCOCCNC(=O)COCCOCCNC(=O)CCCCCCCCCCCCCCCc1nn[nH]n1)C(=O)N1C[C@H](O)C[C@H]1C(C)=O. The lowest BCUT2D eigenvalue weighted by Gasteiger charge is -2.31. The number of imidazole rings is 1. The summed E-state index contributed by atoms with van der Waals surface area (Å²) in [7, 11) is 3.32. The van der Waals surface area contributed by atoms with Crippen LogP contribution in [0.1, 0.15) is 166 Å². The molecule has 0 unspecified atom stereocenters. The fraction of sp³-hybridized carbons (Fsp3) is 0.675. The van der Waals surface area contributed by atoms with Gasteiger partial charge >= 0.3 is 0 Å². The smallest absolute Gasteiger partial charge is 0.246 e. The van der Waals surface area contributed by atoms with Crippen molar-refractivity contribution in [3.63, 3.8) is 0 Å². The number of β-amino-alcohol motifs (C(OH)–C–C–N with tert-alkyl or cyclic N) is 1. The van der Waals surface area contributed by atoms with Gasteiger partial charge in [-0.25, -0.2) is 4.98 Å². The van der Waals surface area contributed by atoms with Crippen LogP contribution in [0.2, 0.25) is 0 Å². The number of aromatic amines is 2. The molecule has 47 nitrogen and oxygen atoms in total. The largest absolute Gasteiger partial charge is 0.394 e. The van der Waals surface area contributed by atoms with Gasteiger partial charge in [-0.3, -0.25) is 76.7 Å². The number of hydrogen-bond donors (Lipinski definition) is 19. The van der Waals surface area contributed by atoms with Crippen LogP contribution in [-0.2, 0) is 120 Å². The quantitative estimate of drug-likeness (QED) is 0.0234. The van der Waals surface area contributed by atoms with Gasteiger partial charge in [-0.05, 0) is 65.6 Å². The number of nitrogens with two attached hydrogens (primary N) is 2. The maximum absolute atomic E-state index is 15.0. The number of benzene rings is 1. The molecule has 21 N–H and O–H groups in total. The molecule has 1 aliphatic rings. The molecular formula is C83H134N22O25. The number of nitrogens with one attached hydrogen (secondary N) is 13. The molecule has 1 aromatic carbocycles. The Balaban J connectivity index is 1.22. The number of aliphatic hydroxyl groups excluding tert-OH is 4. The number of aromatic nitrogens is 6. The molecule has 0 spiro atoms. The first-order chi connectivity index (χ1) is 62.3. The number of aryl methyl sites for hydroxylation is 1. The van der Waals surface area contributed by atoms with Crippen molar-refractivity contribution in [3.05, 3.63) is 59.9 Å². The highest BCUT2D eigenvalue weighted by molar-refractivity contribution is 5.99. The summed E-state index contributed by atoms with van der Waals surface area (Å²) in [6, 6.07) is -6.62. The number of aliphatic hydroxyl groups is 4. The van der Waals surface area contributed by atoms with Crippen LogP contribution in [0.25, 0.3) is 0 Å². The average molecular weight is 1840 g/mol. The summed E-state index contributed by atoms with van der Waals surface area (Å²) in [6.07, 6.45) is 14.8. The Kier molecular flexibility index (Phi) is 54.8. The van der Waals surface area contributed by atoms with Gasteiger partial charge in [-0.15, -0.1) is 10.2 Å². The van der Waals surface area contributed by atoms with E-state index in [1.54, 1.807) is 49.3 Å². The molecule has 130 heavy (non-hydrogen) atoms. The van der Waals surface area contributed by atoms with Crippen LogP contribution >= 0.6 is 0 Å². The van der Waals surface area contributed by atoms with Crippen molar-refractivity contribution in [1.29, 1.82) is 0 Å². The van der Waals surface area contributed by atoms with E-state index in [0.29, 0.717) is 25.1 Å². The first kappa shape index (κ1) is 111. The van der Waals surface area contributed by atoms with Crippen LogP contribution in [0.4, 0.5) is 0 Å². The molecule has 726 valence electrons. The second-order valence-corrected chi connectivity index (χ2v) is 31.7. The summed E-state index contributed by atoms with van der Waals surface area (Å²) < 4.78 is 21.5. The molecule has 0 radical (unpaired) electrons. The van der Waals surface area contributed by atoms with Crippen molar-refractivity contribution in [2.45, 2.75) is 228 Å². The van der Waals surface area contributed by atoms with Gasteiger partial charge in [0.25, 0.3) is 0 Å². The number of rotatable bonds is 72. The standard InChI is InChI=1S/C83H134N22O25/c1-54(109)25-26-61(83(126)105-46-58(111)43-67(105)55(2)110)95-78(121)62(41-56-21-17-16-18-22-56)91-73(116)47-104(34-33-103(3)4)82(125)63(42-57-44-86-53-90-57)96-76(119)59(27-29-68(84)112)94-80(123)65(49-107)98-81(124)66(50-108)97-77(120)60(28-30-69(85)113)93-79(122)64(48-106)92-72(115)45-89-75(118)52-130-40-38-128-36-32-88-74(117)51-129-39-37-127-35-31-87-71(114)24-20-15-13-11-9-7-5-6-8-10-12-14-19-23-70-99-101-102-100-70/h16-18,21-22,44,53,58-67,106-108,111H,5-15,19-20,23-43,45-52H2,1-4H3,(H2,84,112)(H2,85,113)(H,86,90)(H,87,114)(H,88,117)(H,89,118)(H,91,116)(H,92,115)(H,93,122)(H,94,123)(H,95,121)(H,96,119)(H,97,120)(H,98,124)(H,99,100,101,102)/t58-,59+,60+,61+,62-,63+,64-,65+,66+,67+/m1/s1. The lowest BCUT2D eigenvalue weighted by atomic mass is 10.0. The highest BCUT2D eigenvalue weighted by Gasteiger charge is 2.42. The van der Waals surface area contributed by atoms with E-state index >= 15 is 4.79 Å². The molecule has 1 saturated heterocycles. The number of ketones is 2. The van der Waals surface area contributed by atoms with Gasteiger partial charge in [-0.2, -0.15) is 5.21 Å². The minimum atomic E-state index is -2.03. The molecule has 3 aromatic rings. The normalized spacial score (nSPS) is 14.8. The topological polar surface area (TPSA) is 685 Å². The maximum Gasteiger partial charge on any atom is 0.246 e. The number of nitrogens with zero attached hydrogens (tertiary/aromatic N) is 7. The molecule has 0 saturated carbocycles. The number of hydrogen-bond acceptors (Lipinski definition) is 30. The maximum atomic E-state index is 15.0. The monoisotopic (exact) mass is 1840 g/mol. The molecule has 1 fully saturated rings. The Bertz CT molecular complexity index is 3980. The number of Topliss-reactive ketones (excluding diaryl/α,β-unsaturated/α-hetero) is 2. The van der Waals surface area contributed by atoms with E-state index < -0.39 is 214 Å². The van der Waals surface area contributed by atoms with E-state index in [9.17, 15) is 97.1 Å². The molecule has 3 heterocycles. The van der Waals surface area contributed by atoms with Gasteiger partial charge in [-0.1, -0.05) is 106 Å². The number of likely N-dealkylation sites (N-methyl/N-ethyl adjacent to an activating group) is 1. The minimum absolute atomic E-state index is 0.00940. The highest BCUT2D eigenvalue weighted by atomic mass is 16.5. The number of H-pyrrole nitrogens is 2. The van der Waals surface area contributed by atoms with Gasteiger partial charge in [0.15, 0.2) is 11.6 Å². The number of carbonyl (C=O) groups is 17. The third-order valence-electron chi connectivity index (χ3n) is 20.5. The predicted octanol–water partition coefficient (Wildman–Crippen LogP) is -6.48. The van der Waals surface area contributed by atoms with Gasteiger partial charge < -0.3 is 134 Å². The summed E-state index contributed by atoms with van der Waals surface area (Å²) in [5.74, 6) is -14.0. The zero-order valence-electron chi connectivity index (χ0n) is 74.7. The van der Waals surface area contributed by atoms with Crippen molar-refractivity contribution >= 4 is 100 Å². The number of ether oxygens (including phenoxy) is 4. The number of primary amides is 2. The molecule has 15 amide bonds. The molecule has 4 rings (SSSR count). The number of unbranched alkanes of at least 4 members (excludes halogenated alkanes) is 12. The minimum Gasteiger partial charge on any atom is -0.394 e. The van der Waals surface area contributed by atoms with Crippen LogP contribution in [0.15, 0.2) is 42.9 Å².